The van der Waals surface area contributed by atoms with Crippen molar-refractivity contribution in [3.63, 3.8) is 0 Å². The largest absolute Gasteiger partial charge is 0.379 e. The molecule has 7 nitrogen and oxygen atoms in total. The van der Waals surface area contributed by atoms with Crippen LogP contribution >= 0.6 is 0 Å². The van der Waals surface area contributed by atoms with Gasteiger partial charge in [0.1, 0.15) is 5.82 Å². The third kappa shape index (κ3) is 6.31. The summed E-state index contributed by atoms with van der Waals surface area (Å²) in [7, 11) is 0. The van der Waals surface area contributed by atoms with Crippen molar-refractivity contribution < 1.29 is 18.7 Å². The number of halogens is 1. The molecule has 2 aliphatic heterocycles. The normalized spacial score (nSPS) is 21.8. The predicted octanol–water partition coefficient (Wildman–Crippen LogP) is 1.98. The lowest BCUT2D eigenvalue weighted by atomic mass is 9.95. The van der Waals surface area contributed by atoms with E-state index in [9.17, 15) is 14.0 Å². The van der Waals surface area contributed by atoms with Gasteiger partial charge in [0, 0.05) is 45.8 Å². The van der Waals surface area contributed by atoms with Gasteiger partial charge in [-0.15, -0.1) is 0 Å². The molecule has 2 heterocycles. The fourth-order valence-corrected chi connectivity index (χ4v) is 5.40. The van der Waals surface area contributed by atoms with E-state index in [-0.39, 0.29) is 23.4 Å². The standard InChI is InChI=1S/C25H37FN4O3/c26-22-9-4-3-8-21(22)25(32)30-14-12-29(13-15-30)23(20-6-1-2-7-20)24(31)27-10-5-11-28-16-18-33-19-17-28/h3-4,8-9,20,23H,1-2,5-7,10-19H2,(H,27,31)/t23-/m1/s1. The molecule has 1 atom stereocenters. The van der Waals surface area contributed by atoms with Crippen LogP contribution in [0.5, 0.6) is 0 Å². The van der Waals surface area contributed by atoms with Gasteiger partial charge in [0.2, 0.25) is 5.91 Å². The second-order valence-electron chi connectivity index (χ2n) is 9.40. The summed E-state index contributed by atoms with van der Waals surface area (Å²) in [5, 5.41) is 3.20. The molecular weight excluding hydrogens is 423 g/mol. The average Bonchev–Trinajstić information content (AvgIpc) is 3.37. The first-order valence-corrected chi connectivity index (χ1v) is 12.5. The maximum atomic E-state index is 14.1. The van der Waals surface area contributed by atoms with Crippen LogP contribution < -0.4 is 5.32 Å². The van der Waals surface area contributed by atoms with Gasteiger partial charge in [-0.25, -0.2) is 4.39 Å². The highest BCUT2D eigenvalue weighted by Gasteiger charge is 2.37. The number of rotatable bonds is 8. The summed E-state index contributed by atoms with van der Waals surface area (Å²) < 4.78 is 19.4. The Kier molecular flexibility index (Phi) is 8.69. The molecule has 3 fully saturated rings. The number of nitrogens with zero attached hydrogens (tertiary/aromatic N) is 3. The van der Waals surface area contributed by atoms with Crippen molar-refractivity contribution in [2.45, 2.75) is 38.1 Å². The van der Waals surface area contributed by atoms with Crippen LogP contribution in [0.1, 0.15) is 42.5 Å². The molecule has 0 unspecified atom stereocenters. The number of carbonyl (C=O) groups excluding carboxylic acids is 2. The van der Waals surface area contributed by atoms with E-state index in [1.165, 1.54) is 25.0 Å². The van der Waals surface area contributed by atoms with Gasteiger partial charge in [-0.05, 0) is 43.9 Å². The first kappa shape index (κ1) is 24.1. The van der Waals surface area contributed by atoms with Crippen molar-refractivity contribution in [3.8, 4) is 0 Å². The summed E-state index contributed by atoms with van der Waals surface area (Å²) in [5.74, 6) is -0.251. The summed E-state index contributed by atoms with van der Waals surface area (Å²) in [5.41, 5.74) is 0.122. The van der Waals surface area contributed by atoms with Crippen LogP contribution in [0.15, 0.2) is 24.3 Å². The fourth-order valence-electron chi connectivity index (χ4n) is 5.40. The van der Waals surface area contributed by atoms with Crippen LogP contribution in [0.4, 0.5) is 4.39 Å². The number of piperazine rings is 1. The van der Waals surface area contributed by atoms with Gasteiger partial charge in [0.05, 0.1) is 24.8 Å². The quantitative estimate of drug-likeness (QED) is 0.601. The SMILES string of the molecule is O=C(NCCCN1CCOCC1)[C@@H](C1CCCC1)N1CCN(C(=O)c2ccccc2F)CC1. The molecule has 33 heavy (non-hydrogen) atoms. The monoisotopic (exact) mass is 460 g/mol. The number of carbonyl (C=O) groups is 2. The number of ether oxygens (including phenoxy) is 1. The number of hydrogen-bond donors (Lipinski definition) is 1. The lowest BCUT2D eigenvalue weighted by molar-refractivity contribution is -0.129. The Morgan fingerprint density at radius 3 is 2.42 bits per heavy atom. The minimum absolute atomic E-state index is 0.122. The van der Waals surface area contributed by atoms with Crippen molar-refractivity contribution in [1.29, 1.82) is 0 Å². The molecule has 1 N–H and O–H groups in total. The molecule has 8 heteroatoms. The molecule has 2 saturated heterocycles. The third-order valence-electron chi connectivity index (χ3n) is 7.27. The van der Waals surface area contributed by atoms with E-state index in [4.69, 9.17) is 4.74 Å². The topological polar surface area (TPSA) is 65.1 Å². The molecule has 2 amide bonds. The summed E-state index contributed by atoms with van der Waals surface area (Å²) in [4.78, 5) is 32.4. The van der Waals surface area contributed by atoms with Crippen LogP contribution in [0, 0.1) is 11.7 Å². The smallest absolute Gasteiger partial charge is 0.256 e. The molecule has 1 aliphatic carbocycles. The number of hydrogen-bond acceptors (Lipinski definition) is 5. The van der Waals surface area contributed by atoms with Gasteiger partial charge in [-0.2, -0.15) is 0 Å². The first-order valence-electron chi connectivity index (χ1n) is 12.5. The van der Waals surface area contributed by atoms with Crippen molar-refractivity contribution >= 4 is 11.8 Å². The van der Waals surface area contributed by atoms with Crippen molar-refractivity contribution in [2.75, 3.05) is 65.6 Å². The second kappa shape index (κ2) is 11.9. The minimum Gasteiger partial charge on any atom is -0.379 e. The highest BCUT2D eigenvalue weighted by atomic mass is 19.1. The Morgan fingerprint density at radius 1 is 1.03 bits per heavy atom. The summed E-state index contributed by atoms with van der Waals surface area (Å²) in [6.07, 6.45) is 5.46. The van der Waals surface area contributed by atoms with Gasteiger partial charge < -0.3 is 15.0 Å². The molecule has 1 aromatic rings. The molecule has 0 radical (unpaired) electrons. The maximum Gasteiger partial charge on any atom is 0.256 e. The zero-order valence-electron chi connectivity index (χ0n) is 19.5. The molecule has 4 rings (SSSR count). The van der Waals surface area contributed by atoms with Gasteiger partial charge in [-0.3, -0.25) is 19.4 Å². The molecule has 0 aromatic heterocycles. The van der Waals surface area contributed by atoms with Crippen molar-refractivity contribution in [1.82, 2.24) is 20.0 Å². The molecule has 1 aromatic carbocycles. The zero-order chi connectivity index (χ0) is 23.0. The van der Waals surface area contributed by atoms with Gasteiger partial charge in [-0.1, -0.05) is 25.0 Å². The van der Waals surface area contributed by atoms with Gasteiger partial charge >= 0.3 is 0 Å². The van der Waals surface area contributed by atoms with E-state index < -0.39 is 5.82 Å². The third-order valence-corrected chi connectivity index (χ3v) is 7.27. The first-order chi connectivity index (χ1) is 16.1. The zero-order valence-corrected chi connectivity index (χ0v) is 19.5. The second-order valence-corrected chi connectivity index (χ2v) is 9.40. The van der Waals surface area contributed by atoms with Crippen LogP contribution in [0.2, 0.25) is 0 Å². The van der Waals surface area contributed by atoms with Crippen molar-refractivity contribution in [3.05, 3.63) is 35.6 Å². The number of benzene rings is 1. The van der Waals surface area contributed by atoms with Crippen LogP contribution in [-0.4, -0.2) is 98.1 Å². The average molecular weight is 461 g/mol. The number of nitrogens with one attached hydrogen (secondary N) is 1. The van der Waals surface area contributed by atoms with E-state index in [2.05, 4.69) is 15.1 Å². The van der Waals surface area contributed by atoms with Gasteiger partial charge in [0.25, 0.3) is 5.91 Å². The highest BCUT2D eigenvalue weighted by molar-refractivity contribution is 5.94. The molecule has 0 bridgehead atoms. The maximum absolute atomic E-state index is 14.1. The highest BCUT2D eigenvalue weighted by Crippen LogP contribution is 2.31. The summed E-state index contributed by atoms with van der Waals surface area (Å²) in [6, 6.07) is 6.00. The lowest BCUT2D eigenvalue weighted by Crippen LogP contribution is -2.58. The molecular formula is C25H37FN4O3. The Morgan fingerprint density at radius 2 is 1.73 bits per heavy atom. The van der Waals surface area contributed by atoms with E-state index in [1.54, 1.807) is 17.0 Å². The predicted molar refractivity (Wildman–Crippen MR) is 125 cm³/mol. The van der Waals surface area contributed by atoms with Crippen molar-refractivity contribution in [2.24, 2.45) is 5.92 Å². The van der Waals surface area contributed by atoms with E-state index >= 15 is 0 Å². The lowest BCUT2D eigenvalue weighted by Gasteiger charge is -2.40. The van der Waals surface area contributed by atoms with E-state index in [0.717, 1.165) is 52.1 Å². The molecule has 0 spiro atoms. The molecule has 3 aliphatic rings. The van der Waals surface area contributed by atoms with Crippen LogP contribution in [-0.2, 0) is 9.53 Å². The Balaban J connectivity index is 1.29. The minimum atomic E-state index is -0.481. The summed E-state index contributed by atoms with van der Waals surface area (Å²) >= 11 is 0. The van der Waals surface area contributed by atoms with Gasteiger partial charge in [0.15, 0.2) is 0 Å². The molecule has 1 saturated carbocycles. The van der Waals surface area contributed by atoms with E-state index in [1.807, 2.05) is 0 Å². The Bertz CT molecular complexity index is 788. The number of morpholine rings is 1. The van der Waals surface area contributed by atoms with E-state index in [0.29, 0.717) is 38.6 Å². The number of amides is 2. The fraction of sp³-hybridized carbons (Fsp3) is 0.680. The Hall–Kier alpha value is -2.03. The molecule has 182 valence electrons. The summed E-state index contributed by atoms with van der Waals surface area (Å²) in [6.45, 7) is 7.50. The van der Waals surface area contributed by atoms with Crippen LogP contribution in [0.25, 0.3) is 0 Å². The van der Waals surface area contributed by atoms with Crippen LogP contribution in [0.3, 0.4) is 0 Å². The Labute approximate surface area is 196 Å².